The van der Waals surface area contributed by atoms with Crippen LogP contribution < -0.4 is 4.31 Å². The van der Waals surface area contributed by atoms with Gasteiger partial charge in [0.15, 0.2) is 0 Å². The second-order valence-electron chi connectivity index (χ2n) is 5.17. The number of fused-ring (bicyclic) bond motifs is 1. The number of carboxylic acids is 1. The van der Waals surface area contributed by atoms with Crippen LogP contribution in [0.5, 0.6) is 0 Å². The normalized spacial score (nSPS) is 18.5. The molecule has 0 spiro atoms. The third kappa shape index (κ3) is 2.62. The summed E-state index contributed by atoms with van der Waals surface area (Å²) in [7, 11) is -3.65. The van der Waals surface area contributed by atoms with Gasteiger partial charge in [0.1, 0.15) is 4.21 Å². The number of hydrogen-bond acceptors (Lipinski definition) is 4. The summed E-state index contributed by atoms with van der Waals surface area (Å²) in [4.78, 5) is 11.3. The minimum absolute atomic E-state index is 0.175. The minimum Gasteiger partial charge on any atom is -0.481 e. The molecule has 116 valence electrons. The summed E-state index contributed by atoms with van der Waals surface area (Å²) < 4.78 is 27.3. The van der Waals surface area contributed by atoms with E-state index in [-0.39, 0.29) is 10.8 Å². The van der Waals surface area contributed by atoms with Gasteiger partial charge in [0.2, 0.25) is 0 Å². The maximum atomic E-state index is 12.8. The first-order chi connectivity index (χ1) is 10.5. The average Bonchev–Trinajstić information content (AvgIpc) is 2.95. The SMILES string of the molecule is O=C(O)C1CCN(S(=O)(=O)c2cccs2)c2ccccc2C1. The summed E-state index contributed by atoms with van der Waals surface area (Å²) in [6, 6.07) is 10.4. The molecule has 5 nitrogen and oxygen atoms in total. The predicted molar refractivity (Wildman–Crippen MR) is 84.7 cm³/mol. The van der Waals surface area contributed by atoms with Crippen molar-refractivity contribution in [2.75, 3.05) is 10.8 Å². The van der Waals surface area contributed by atoms with Gasteiger partial charge in [-0.05, 0) is 35.9 Å². The van der Waals surface area contributed by atoms with E-state index in [2.05, 4.69) is 0 Å². The molecule has 1 aromatic heterocycles. The molecule has 1 aromatic carbocycles. The Balaban J connectivity index is 2.08. The third-order valence-electron chi connectivity index (χ3n) is 3.80. The van der Waals surface area contributed by atoms with Gasteiger partial charge in [0.25, 0.3) is 10.0 Å². The molecule has 0 radical (unpaired) electrons. The Labute approximate surface area is 132 Å². The molecule has 0 fully saturated rings. The number of hydrogen-bond donors (Lipinski definition) is 1. The van der Waals surface area contributed by atoms with Crippen LogP contribution in [-0.2, 0) is 21.2 Å². The van der Waals surface area contributed by atoms with E-state index in [0.29, 0.717) is 18.5 Å². The number of benzene rings is 1. The standard InChI is InChI=1S/C15H15NO4S2/c17-15(18)12-7-8-16(13-5-2-1-4-11(13)10-12)22(19,20)14-6-3-9-21-14/h1-6,9,12H,7-8,10H2,(H,17,18). The molecule has 22 heavy (non-hydrogen) atoms. The Kier molecular flexibility index (Phi) is 3.92. The van der Waals surface area contributed by atoms with Crippen LogP contribution in [0.4, 0.5) is 5.69 Å². The van der Waals surface area contributed by atoms with E-state index in [9.17, 15) is 18.3 Å². The second kappa shape index (κ2) is 5.73. The van der Waals surface area contributed by atoms with Crippen molar-refractivity contribution in [3.05, 3.63) is 47.3 Å². The molecule has 1 atom stereocenters. The molecule has 0 bridgehead atoms. The quantitative estimate of drug-likeness (QED) is 0.934. The summed E-state index contributed by atoms with van der Waals surface area (Å²) in [6.45, 7) is 0.175. The molecule has 1 aliphatic heterocycles. The van der Waals surface area contributed by atoms with Crippen LogP contribution in [0.2, 0.25) is 0 Å². The minimum atomic E-state index is -3.65. The zero-order valence-corrected chi connectivity index (χ0v) is 13.3. The lowest BCUT2D eigenvalue weighted by molar-refractivity contribution is -0.141. The van der Waals surface area contributed by atoms with E-state index in [1.165, 1.54) is 15.6 Å². The van der Waals surface area contributed by atoms with Crippen LogP contribution in [0.1, 0.15) is 12.0 Å². The van der Waals surface area contributed by atoms with Gasteiger partial charge in [-0.25, -0.2) is 8.42 Å². The predicted octanol–water partition coefficient (Wildman–Crippen LogP) is 2.59. The van der Waals surface area contributed by atoms with Crippen molar-refractivity contribution in [2.45, 2.75) is 17.1 Å². The zero-order chi connectivity index (χ0) is 15.7. The molecule has 2 aromatic rings. The van der Waals surface area contributed by atoms with Gasteiger partial charge in [-0.3, -0.25) is 9.10 Å². The Morgan fingerprint density at radius 1 is 1.23 bits per heavy atom. The zero-order valence-electron chi connectivity index (χ0n) is 11.7. The first-order valence-corrected chi connectivity index (χ1v) is 9.19. The lowest BCUT2D eigenvalue weighted by Crippen LogP contribution is -2.32. The van der Waals surface area contributed by atoms with Gasteiger partial charge in [0.05, 0.1) is 11.6 Å². The van der Waals surface area contributed by atoms with E-state index >= 15 is 0 Å². The van der Waals surface area contributed by atoms with Crippen LogP contribution in [0.15, 0.2) is 46.0 Å². The average molecular weight is 337 g/mol. The molecule has 0 aliphatic carbocycles. The highest BCUT2D eigenvalue weighted by Crippen LogP contribution is 2.34. The molecular formula is C15H15NO4S2. The van der Waals surface area contributed by atoms with Crippen LogP contribution in [0, 0.1) is 5.92 Å². The maximum Gasteiger partial charge on any atom is 0.306 e. The number of carboxylic acid groups (broad SMARTS) is 1. The number of carbonyl (C=O) groups is 1. The molecule has 0 saturated carbocycles. The fourth-order valence-electron chi connectivity index (χ4n) is 2.67. The Hall–Kier alpha value is -1.86. The van der Waals surface area contributed by atoms with Gasteiger partial charge < -0.3 is 5.11 Å². The van der Waals surface area contributed by atoms with Crippen molar-refractivity contribution < 1.29 is 18.3 Å². The maximum absolute atomic E-state index is 12.8. The first kappa shape index (κ1) is 15.1. The molecule has 7 heteroatoms. The number of thiophene rings is 1. The molecule has 3 rings (SSSR count). The van der Waals surface area contributed by atoms with Crippen molar-refractivity contribution in [1.82, 2.24) is 0 Å². The van der Waals surface area contributed by atoms with Gasteiger partial charge in [-0.1, -0.05) is 24.3 Å². The number of sulfonamides is 1. The van der Waals surface area contributed by atoms with Crippen LogP contribution >= 0.6 is 11.3 Å². The van der Waals surface area contributed by atoms with E-state index in [1.807, 2.05) is 0 Å². The largest absolute Gasteiger partial charge is 0.481 e. The fraction of sp³-hybridized carbons (Fsp3) is 0.267. The van der Waals surface area contributed by atoms with Crippen LogP contribution in [0.3, 0.4) is 0 Å². The topological polar surface area (TPSA) is 74.7 Å². The lowest BCUT2D eigenvalue weighted by atomic mass is 9.97. The van der Waals surface area contributed by atoms with Gasteiger partial charge in [0, 0.05) is 6.54 Å². The summed E-state index contributed by atoms with van der Waals surface area (Å²) in [6.07, 6.45) is 0.649. The van der Waals surface area contributed by atoms with Crippen molar-refractivity contribution >= 4 is 33.0 Å². The highest BCUT2D eigenvalue weighted by molar-refractivity contribution is 7.94. The van der Waals surface area contributed by atoms with Crippen molar-refractivity contribution in [1.29, 1.82) is 0 Å². The highest BCUT2D eigenvalue weighted by atomic mass is 32.2. The summed E-state index contributed by atoms with van der Waals surface area (Å²) >= 11 is 1.17. The van der Waals surface area contributed by atoms with Crippen molar-refractivity contribution in [2.24, 2.45) is 5.92 Å². The Morgan fingerprint density at radius 2 is 2.00 bits per heavy atom. The molecule has 1 unspecified atom stereocenters. The molecule has 2 heterocycles. The molecule has 1 aliphatic rings. The molecular weight excluding hydrogens is 322 g/mol. The number of para-hydroxylation sites is 1. The van der Waals surface area contributed by atoms with Gasteiger partial charge >= 0.3 is 5.97 Å². The van der Waals surface area contributed by atoms with Crippen LogP contribution in [0.25, 0.3) is 0 Å². The number of anilines is 1. The van der Waals surface area contributed by atoms with Crippen LogP contribution in [-0.4, -0.2) is 26.0 Å². The second-order valence-corrected chi connectivity index (χ2v) is 8.20. The molecule has 0 amide bonds. The summed E-state index contributed by atoms with van der Waals surface area (Å²) in [5.74, 6) is -1.45. The van der Waals surface area contributed by atoms with E-state index in [4.69, 9.17) is 0 Å². The smallest absolute Gasteiger partial charge is 0.306 e. The molecule has 0 saturated heterocycles. The monoisotopic (exact) mass is 337 g/mol. The summed E-state index contributed by atoms with van der Waals surface area (Å²) in [5, 5.41) is 11.0. The third-order valence-corrected chi connectivity index (χ3v) is 6.98. The Bertz CT molecular complexity index is 784. The van der Waals surface area contributed by atoms with Gasteiger partial charge in [-0.15, -0.1) is 11.3 Å². The summed E-state index contributed by atoms with van der Waals surface area (Å²) in [5.41, 5.74) is 1.34. The number of rotatable bonds is 3. The number of aliphatic carboxylic acids is 1. The van der Waals surface area contributed by atoms with Crippen molar-refractivity contribution in [3.8, 4) is 0 Å². The van der Waals surface area contributed by atoms with E-state index in [0.717, 1.165) is 5.56 Å². The fourth-order valence-corrected chi connectivity index (χ4v) is 5.29. The first-order valence-electron chi connectivity index (χ1n) is 6.87. The van der Waals surface area contributed by atoms with E-state index in [1.54, 1.807) is 41.8 Å². The van der Waals surface area contributed by atoms with Gasteiger partial charge in [-0.2, -0.15) is 0 Å². The van der Waals surface area contributed by atoms with E-state index < -0.39 is 21.9 Å². The number of nitrogens with zero attached hydrogens (tertiary/aromatic N) is 1. The lowest BCUT2D eigenvalue weighted by Gasteiger charge is -2.23. The highest BCUT2D eigenvalue weighted by Gasteiger charge is 2.32. The Morgan fingerprint density at radius 3 is 2.68 bits per heavy atom. The molecule has 1 N–H and O–H groups in total. The van der Waals surface area contributed by atoms with Crippen molar-refractivity contribution in [3.63, 3.8) is 0 Å².